The summed E-state index contributed by atoms with van der Waals surface area (Å²) < 4.78 is 0. The average Bonchev–Trinajstić information content (AvgIpc) is 2.35. The summed E-state index contributed by atoms with van der Waals surface area (Å²) >= 11 is 5.46. The molecule has 0 aromatic rings. The molecule has 1 aliphatic carbocycles. The number of hydrazine groups is 1. The van der Waals surface area contributed by atoms with Gasteiger partial charge >= 0.3 is 0 Å². The Morgan fingerprint density at radius 3 is 2.17 bits per heavy atom. The van der Waals surface area contributed by atoms with E-state index in [0.29, 0.717) is 18.1 Å². The second-order valence-corrected chi connectivity index (χ2v) is 6.36. The Balaban J connectivity index is 1.78. The molecular formula is C14H27N3S. The first-order chi connectivity index (χ1) is 8.66. The van der Waals surface area contributed by atoms with Crippen molar-refractivity contribution in [3.05, 3.63) is 0 Å². The van der Waals surface area contributed by atoms with Crippen LogP contribution in [0.3, 0.4) is 0 Å². The van der Waals surface area contributed by atoms with E-state index in [0.717, 1.165) is 5.11 Å². The van der Waals surface area contributed by atoms with Crippen molar-refractivity contribution in [2.75, 3.05) is 0 Å². The average molecular weight is 269 g/mol. The molecule has 0 amide bonds. The van der Waals surface area contributed by atoms with Crippen molar-refractivity contribution in [1.82, 2.24) is 15.8 Å². The van der Waals surface area contributed by atoms with Gasteiger partial charge in [0.1, 0.15) is 0 Å². The summed E-state index contributed by atoms with van der Waals surface area (Å²) in [4.78, 5) is 0. The van der Waals surface area contributed by atoms with Crippen LogP contribution in [0.5, 0.6) is 0 Å². The highest BCUT2D eigenvalue weighted by molar-refractivity contribution is 7.80. The summed E-state index contributed by atoms with van der Waals surface area (Å²) in [7, 11) is 0. The topological polar surface area (TPSA) is 27.3 Å². The molecule has 1 saturated carbocycles. The molecule has 2 rings (SSSR count). The molecule has 2 atom stereocenters. The maximum absolute atomic E-state index is 5.46. The Morgan fingerprint density at radius 2 is 1.56 bits per heavy atom. The Bertz CT molecular complexity index is 266. The molecule has 0 bridgehead atoms. The van der Waals surface area contributed by atoms with Crippen LogP contribution in [0, 0.1) is 0 Å². The molecule has 3 nitrogen and oxygen atoms in total. The van der Waals surface area contributed by atoms with Crippen LogP contribution in [0.2, 0.25) is 0 Å². The van der Waals surface area contributed by atoms with E-state index in [-0.39, 0.29) is 0 Å². The van der Waals surface area contributed by atoms with Crippen LogP contribution in [0.15, 0.2) is 0 Å². The lowest BCUT2D eigenvalue weighted by atomic mass is 9.96. The van der Waals surface area contributed by atoms with Crippen LogP contribution in [-0.2, 0) is 0 Å². The lowest BCUT2D eigenvalue weighted by Gasteiger charge is -2.40. The molecular weight excluding hydrogens is 242 g/mol. The van der Waals surface area contributed by atoms with Crippen molar-refractivity contribution in [2.24, 2.45) is 0 Å². The van der Waals surface area contributed by atoms with Crippen LogP contribution < -0.4 is 10.7 Å². The molecule has 2 fully saturated rings. The van der Waals surface area contributed by atoms with Gasteiger partial charge in [0.05, 0.1) is 0 Å². The van der Waals surface area contributed by atoms with Gasteiger partial charge in [-0.25, -0.2) is 5.01 Å². The standard InChI is InChI=1S/C14H27N3S/c1-11-7-6-8-12(2)17(11)16-14(18)15-13-9-4-3-5-10-13/h11-13H,3-10H2,1-2H3,(H2,15,16,18). The van der Waals surface area contributed by atoms with E-state index in [2.05, 4.69) is 29.6 Å². The van der Waals surface area contributed by atoms with Crippen molar-refractivity contribution in [1.29, 1.82) is 0 Å². The van der Waals surface area contributed by atoms with Gasteiger partial charge in [-0.05, 0) is 51.7 Å². The third kappa shape index (κ3) is 3.82. The fourth-order valence-corrected chi connectivity index (χ4v) is 3.50. The third-order valence-electron chi connectivity index (χ3n) is 4.36. The van der Waals surface area contributed by atoms with Gasteiger partial charge in [0.2, 0.25) is 0 Å². The molecule has 1 aliphatic heterocycles. The van der Waals surface area contributed by atoms with E-state index in [1.54, 1.807) is 0 Å². The minimum absolute atomic E-state index is 0.583. The third-order valence-corrected chi connectivity index (χ3v) is 4.57. The number of piperidine rings is 1. The minimum Gasteiger partial charge on any atom is -0.359 e. The summed E-state index contributed by atoms with van der Waals surface area (Å²) in [6.07, 6.45) is 10.5. The van der Waals surface area contributed by atoms with Crippen LogP contribution in [0.25, 0.3) is 0 Å². The first-order valence-electron chi connectivity index (χ1n) is 7.52. The van der Waals surface area contributed by atoms with Gasteiger partial charge in [0.15, 0.2) is 5.11 Å². The van der Waals surface area contributed by atoms with Gasteiger partial charge < -0.3 is 5.32 Å². The van der Waals surface area contributed by atoms with Crippen molar-refractivity contribution in [3.63, 3.8) is 0 Å². The van der Waals surface area contributed by atoms with Gasteiger partial charge in [0.25, 0.3) is 0 Å². The SMILES string of the molecule is CC1CCCC(C)N1NC(=S)NC1CCCCC1. The zero-order valence-electron chi connectivity index (χ0n) is 11.7. The van der Waals surface area contributed by atoms with Crippen LogP contribution >= 0.6 is 12.2 Å². The number of rotatable bonds is 2. The predicted molar refractivity (Wildman–Crippen MR) is 80.4 cm³/mol. The zero-order valence-corrected chi connectivity index (χ0v) is 12.6. The number of hydrogen-bond acceptors (Lipinski definition) is 2. The van der Waals surface area contributed by atoms with Crippen molar-refractivity contribution in [3.8, 4) is 0 Å². The van der Waals surface area contributed by atoms with Crippen LogP contribution in [0.4, 0.5) is 0 Å². The lowest BCUT2D eigenvalue weighted by molar-refractivity contribution is 0.0732. The number of thiocarbonyl (C=S) groups is 1. The Morgan fingerprint density at radius 1 is 0.944 bits per heavy atom. The minimum atomic E-state index is 0.583. The van der Waals surface area contributed by atoms with Gasteiger partial charge in [-0.2, -0.15) is 0 Å². The number of nitrogens with zero attached hydrogens (tertiary/aromatic N) is 1. The summed E-state index contributed by atoms with van der Waals surface area (Å²) in [5, 5.41) is 6.64. The van der Waals surface area contributed by atoms with E-state index >= 15 is 0 Å². The zero-order chi connectivity index (χ0) is 13.0. The summed E-state index contributed by atoms with van der Waals surface area (Å²) in [5.41, 5.74) is 3.42. The molecule has 2 N–H and O–H groups in total. The van der Waals surface area contributed by atoms with Gasteiger partial charge in [-0.3, -0.25) is 5.43 Å². The molecule has 18 heavy (non-hydrogen) atoms. The molecule has 0 aromatic heterocycles. The fourth-order valence-electron chi connectivity index (χ4n) is 3.22. The van der Waals surface area contributed by atoms with Gasteiger partial charge in [-0.1, -0.05) is 25.7 Å². The molecule has 104 valence electrons. The van der Waals surface area contributed by atoms with Crippen molar-refractivity contribution < 1.29 is 0 Å². The fraction of sp³-hybridized carbons (Fsp3) is 0.929. The summed E-state index contributed by atoms with van der Waals surface area (Å²) in [5.74, 6) is 0. The number of nitrogens with one attached hydrogen (secondary N) is 2. The Labute approximate surface area is 117 Å². The first kappa shape index (κ1) is 14.1. The largest absolute Gasteiger partial charge is 0.359 e. The molecule has 1 saturated heterocycles. The molecule has 4 heteroatoms. The molecule has 0 radical (unpaired) electrons. The highest BCUT2D eigenvalue weighted by Gasteiger charge is 2.25. The quantitative estimate of drug-likeness (QED) is 0.754. The first-order valence-corrected chi connectivity index (χ1v) is 7.93. The normalized spacial score (nSPS) is 31.0. The predicted octanol–water partition coefficient (Wildman–Crippen LogP) is 2.96. The maximum atomic E-state index is 5.46. The lowest BCUT2D eigenvalue weighted by Crippen LogP contribution is -2.57. The molecule has 2 aliphatic rings. The van der Waals surface area contributed by atoms with Gasteiger partial charge in [0, 0.05) is 18.1 Å². The summed E-state index contributed by atoms with van der Waals surface area (Å²) in [6.45, 7) is 4.57. The van der Waals surface area contributed by atoms with Crippen LogP contribution in [0.1, 0.15) is 65.2 Å². The highest BCUT2D eigenvalue weighted by atomic mass is 32.1. The van der Waals surface area contributed by atoms with E-state index in [9.17, 15) is 0 Å². The molecule has 1 heterocycles. The second-order valence-electron chi connectivity index (χ2n) is 5.96. The Kier molecular flexibility index (Phi) is 5.25. The van der Waals surface area contributed by atoms with Crippen molar-refractivity contribution >= 4 is 17.3 Å². The summed E-state index contributed by atoms with van der Waals surface area (Å²) in [6, 6.07) is 1.76. The van der Waals surface area contributed by atoms with E-state index < -0.39 is 0 Å². The molecule has 0 aromatic carbocycles. The monoisotopic (exact) mass is 269 g/mol. The second kappa shape index (κ2) is 6.71. The highest BCUT2D eigenvalue weighted by Crippen LogP contribution is 2.20. The van der Waals surface area contributed by atoms with Gasteiger partial charge in [-0.15, -0.1) is 0 Å². The maximum Gasteiger partial charge on any atom is 0.181 e. The van der Waals surface area contributed by atoms with E-state index in [4.69, 9.17) is 12.2 Å². The Hall–Kier alpha value is -0.350. The smallest absolute Gasteiger partial charge is 0.181 e. The van der Waals surface area contributed by atoms with E-state index in [1.807, 2.05) is 0 Å². The number of hydrogen-bond donors (Lipinski definition) is 2. The van der Waals surface area contributed by atoms with Crippen LogP contribution in [-0.4, -0.2) is 28.2 Å². The van der Waals surface area contributed by atoms with E-state index in [1.165, 1.54) is 51.4 Å². The molecule has 2 unspecified atom stereocenters. The van der Waals surface area contributed by atoms with Crippen molar-refractivity contribution in [2.45, 2.75) is 83.3 Å². The molecule has 0 spiro atoms.